The fourth-order valence-corrected chi connectivity index (χ4v) is 2.17. The van der Waals surface area contributed by atoms with Gasteiger partial charge in [0.25, 0.3) is 0 Å². The van der Waals surface area contributed by atoms with E-state index in [2.05, 4.69) is 36.2 Å². The number of nitrogens with two attached hydrogens (primary N) is 1. The van der Waals surface area contributed by atoms with Crippen molar-refractivity contribution in [1.29, 1.82) is 0 Å². The Labute approximate surface area is 123 Å². The van der Waals surface area contributed by atoms with Crippen molar-refractivity contribution >= 4 is 16.7 Å². The summed E-state index contributed by atoms with van der Waals surface area (Å²) in [4.78, 5) is 1.68. The molecule has 0 aliphatic rings. The number of benzene rings is 2. The number of hydrogen-bond donors (Lipinski definition) is 1. The summed E-state index contributed by atoms with van der Waals surface area (Å²) in [5, 5.41) is 8.93. The van der Waals surface area contributed by atoms with E-state index in [9.17, 15) is 0 Å². The lowest BCUT2D eigenvalue weighted by Crippen LogP contribution is -2.10. The van der Waals surface area contributed by atoms with Gasteiger partial charge < -0.3 is 10.5 Å². The Morgan fingerprint density at radius 3 is 2.33 bits per heavy atom. The van der Waals surface area contributed by atoms with Crippen molar-refractivity contribution in [2.45, 2.75) is 20.4 Å². The fraction of sp³-hybridized carbons (Fsp3) is 0.250. The Morgan fingerprint density at radius 1 is 1.05 bits per heavy atom. The molecule has 2 aromatic carbocycles. The molecule has 21 heavy (non-hydrogen) atoms. The van der Waals surface area contributed by atoms with Crippen LogP contribution in [0.25, 0.3) is 11.0 Å². The lowest BCUT2D eigenvalue weighted by atomic mass is 10.1. The Bertz CT molecular complexity index is 740. The van der Waals surface area contributed by atoms with Gasteiger partial charge in [-0.2, -0.15) is 15.0 Å². The highest BCUT2D eigenvalue weighted by Gasteiger charge is 2.05. The van der Waals surface area contributed by atoms with Crippen molar-refractivity contribution < 1.29 is 4.74 Å². The molecule has 0 fully saturated rings. The molecule has 0 atom stereocenters. The molecule has 0 aliphatic heterocycles. The van der Waals surface area contributed by atoms with Crippen LogP contribution in [0.5, 0.6) is 5.75 Å². The minimum Gasteiger partial charge on any atom is -0.492 e. The lowest BCUT2D eigenvalue weighted by molar-refractivity contribution is 0.283. The largest absolute Gasteiger partial charge is 0.492 e. The summed E-state index contributed by atoms with van der Waals surface area (Å²) in [7, 11) is 0. The van der Waals surface area contributed by atoms with Crippen LogP contribution < -0.4 is 10.5 Å². The minimum atomic E-state index is 0.502. The second-order valence-corrected chi connectivity index (χ2v) is 5.14. The molecule has 3 aromatic rings. The van der Waals surface area contributed by atoms with Crippen LogP contribution in [0.15, 0.2) is 36.4 Å². The molecule has 0 amide bonds. The third-order valence-corrected chi connectivity index (χ3v) is 3.46. The van der Waals surface area contributed by atoms with Crippen molar-refractivity contribution in [3.63, 3.8) is 0 Å². The zero-order valence-corrected chi connectivity index (χ0v) is 12.2. The van der Waals surface area contributed by atoms with Gasteiger partial charge in [-0.25, -0.2) is 0 Å². The molecule has 2 N–H and O–H groups in total. The van der Waals surface area contributed by atoms with Crippen LogP contribution in [0.2, 0.25) is 0 Å². The fourth-order valence-electron chi connectivity index (χ4n) is 2.17. The first kappa shape index (κ1) is 13.4. The molecule has 0 unspecified atom stereocenters. The molecule has 5 heteroatoms. The maximum absolute atomic E-state index is 5.71. The third-order valence-electron chi connectivity index (χ3n) is 3.46. The number of aryl methyl sites for hydroxylation is 2. The van der Waals surface area contributed by atoms with E-state index in [0.717, 1.165) is 16.8 Å². The molecule has 1 aromatic heterocycles. The van der Waals surface area contributed by atoms with Crippen molar-refractivity contribution in [1.82, 2.24) is 15.0 Å². The van der Waals surface area contributed by atoms with Gasteiger partial charge in [-0.15, -0.1) is 0 Å². The number of fused-ring (bicyclic) bond motifs is 1. The Kier molecular flexibility index (Phi) is 3.48. The van der Waals surface area contributed by atoms with E-state index in [0.29, 0.717) is 18.8 Å². The summed E-state index contributed by atoms with van der Waals surface area (Å²) in [5.74, 6) is 0.762. The first-order valence-electron chi connectivity index (χ1n) is 6.92. The Morgan fingerprint density at radius 2 is 1.71 bits per heavy atom. The van der Waals surface area contributed by atoms with Gasteiger partial charge in [0.15, 0.2) is 0 Å². The van der Waals surface area contributed by atoms with Crippen LogP contribution in [0.1, 0.15) is 11.1 Å². The van der Waals surface area contributed by atoms with E-state index < -0.39 is 0 Å². The van der Waals surface area contributed by atoms with Crippen molar-refractivity contribution in [3.8, 4) is 5.75 Å². The van der Waals surface area contributed by atoms with Gasteiger partial charge in [0.2, 0.25) is 0 Å². The van der Waals surface area contributed by atoms with Gasteiger partial charge in [-0.1, -0.05) is 6.07 Å². The molecule has 0 bridgehead atoms. The maximum Gasteiger partial charge on any atom is 0.121 e. The van der Waals surface area contributed by atoms with Gasteiger partial charge in [0, 0.05) is 11.8 Å². The highest BCUT2D eigenvalue weighted by atomic mass is 16.5. The van der Waals surface area contributed by atoms with Crippen molar-refractivity contribution in [3.05, 3.63) is 47.5 Å². The van der Waals surface area contributed by atoms with Gasteiger partial charge in [-0.05, 0) is 49.2 Å². The molecule has 0 aliphatic carbocycles. The number of hydrogen-bond acceptors (Lipinski definition) is 4. The van der Waals surface area contributed by atoms with Crippen LogP contribution in [0.4, 0.5) is 5.69 Å². The molecule has 1 heterocycles. The molecule has 0 spiro atoms. The zero-order chi connectivity index (χ0) is 14.8. The normalized spacial score (nSPS) is 11.0. The molecule has 5 nitrogen and oxygen atoms in total. The van der Waals surface area contributed by atoms with Crippen LogP contribution in [-0.4, -0.2) is 21.6 Å². The van der Waals surface area contributed by atoms with Gasteiger partial charge in [0.1, 0.15) is 23.4 Å². The van der Waals surface area contributed by atoms with E-state index in [1.807, 2.05) is 18.2 Å². The summed E-state index contributed by atoms with van der Waals surface area (Å²) < 4.78 is 5.65. The number of anilines is 1. The SMILES string of the molecule is Cc1cc2nn(CCOc3cccc(N)c3)nc2cc1C. The van der Waals surface area contributed by atoms with E-state index in [-0.39, 0.29) is 0 Å². The second kappa shape index (κ2) is 5.44. The number of nitrogens with zero attached hydrogens (tertiary/aromatic N) is 3. The smallest absolute Gasteiger partial charge is 0.121 e. The van der Waals surface area contributed by atoms with E-state index in [4.69, 9.17) is 10.5 Å². The summed E-state index contributed by atoms with van der Waals surface area (Å²) in [6, 6.07) is 11.5. The lowest BCUT2D eigenvalue weighted by Gasteiger charge is -2.05. The summed E-state index contributed by atoms with van der Waals surface area (Å²) in [6.45, 7) is 5.26. The standard InChI is InChI=1S/C16H18N4O/c1-11-8-15-16(9-12(11)2)19-20(18-15)6-7-21-14-5-3-4-13(17)10-14/h3-5,8-10H,6-7,17H2,1-2H3. The summed E-state index contributed by atoms with van der Waals surface area (Å²) in [6.07, 6.45) is 0. The molecule has 0 radical (unpaired) electrons. The molecule has 0 saturated heterocycles. The number of ether oxygens (including phenoxy) is 1. The first-order chi connectivity index (χ1) is 10.1. The third kappa shape index (κ3) is 2.97. The molecular weight excluding hydrogens is 264 g/mol. The van der Waals surface area contributed by atoms with Gasteiger partial charge >= 0.3 is 0 Å². The maximum atomic E-state index is 5.71. The van der Waals surface area contributed by atoms with E-state index in [1.54, 1.807) is 10.9 Å². The Balaban J connectivity index is 1.68. The number of rotatable bonds is 4. The van der Waals surface area contributed by atoms with Crippen LogP contribution in [0, 0.1) is 13.8 Å². The van der Waals surface area contributed by atoms with Crippen molar-refractivity contribution in [2.24, 2.45) is 0 Å². The monoisotopic (exact) mass is 282 g/mol. The van der Waals surface area contributed by atoms with Crippen LogP contribution in [0.3, 0.4) is 0 Å². The van der Waals surface area contributed by atoms with Gasteiger partial charge in [-0.3, -0.25) is 0 Å². The second-order valence-electron chi connectivity index (χ2n) is 5.14. The van der Waals surface area contributed by atoms with Crippen molar-refractivity contribution in [2.75, 3.05) is 12.3 Å². The first-order valence-corrected chi connectivity index (χ1v) is 6.92. The zero-order valence-electron chi connectivity index (χ0n) is 12.2. The molecule has 0 saturated carbocycles. The topological polar surface area (TPSA) is 66.0 Å². The predicted octanol–water partition coefficient (Wildman–Crippen LogP) is 2.71. The van der Waals surface area contributed by atoms with Gasteiger partial charge in [0.05, 0.1) is 6.54 Å². The number of aromatic nitrogens is 3. The molecular formula is C16H18N4O. The quantitative estimate of drug-likeness (QED) is 0.747. The predicted molar refractivity (Wildman–Crippen MR) is 83.4 cm³/mol. The Hall–Kier alpha value is -2.56. The highest BCUT2D eigenvalue weighted by Crippen LogP contribution is 2.16. The van der Waals surface area contributed by atoms with Crippen LogP contribution >= 0.6 is 0 Å². The summed E-state index contributed by atoms with van der Waals surface area (Å²) in [5.41, 5.74) is 10.7. The van der Waals surface area contributed by atoms with Crippen LogP contribution in [-0.2, 0) is 6.54 Å². The van der Waals surface area contributed by atoms with E-state index in [1.165, 1.54) is 11.1 Å². The van der Waals surface area contributed by atoms with E-state index >= 15 is 0 Å². The minimum absolute atomic E-state index is 0.502. The average Bonchev–Trinajstić information content (AvgIpc) is 2.81. The summed E-state index contributed by atoms with van der Waals surface area (Å²) >= 11 is 0. The average molecular weight is 282 g/mol. The molecule has 108 valence electrons. The highest BCUT2D eigenvalue weighted by molar-refractivity contribution is 5.75. The number of nitrogen functional groups attached to an aromatic ring is 1. The molecule has 3 rings (SSSR count).